The highest BCUT2D eigenvalue weighted by Crippen LogP contribution is 2.29. The number of phenols is 1. The molecule has 0 aliphatic heterocycles. The first-order valence-corrected chi connectivity index (χ1v) is 7.43. The van der Waals surface area contributed by atoms with Gasteiger partial charge >= 0.3 is 0 Å². The third kappa shape index (κ3) is 3.13. The Morgan fingerprint density at radius 1 is 1.33 bits per heavy atom. The van der Waals surface area contributed by atoms with E-state index in [1.165, 1.54) is 12.5 Å². The van der Waals surface area contributed by atoms with Crippen molar-refractivity contribution in [2.24, 2.45) is 0 Å². The van der Waals surface area contributed by atoms with E-state index in [4.69, 9.17) is 0 Å². The number of nitrogens with one attached hydrogen (secondary N) is 1. The maximum atomic E-state index is 13.2. The minimum absolute atomic E-state index is 0.00136. The molecule has 0 amide bonds. The van der Waals surface area contributed by atoms with Crippen molar-refractivity contribution in [2.45, 2.75) is 24.9 Å². The van der Waals surface area contributed by atoms with Crippen LogP contribution in [0.15, 0.2) is 29.7 Å². The van der Waals surface area contributed by atoms with Crippen LogP contribution in [-0.4, -0.2) is 23.1 Å². The zero-order valence-corrected chi connectivity index (χ0v) is 12.0. The Morgan fingerprint density at radius 2 is 2.00 bits per heavy atom. The molecule has 0 spiro atoms. The van der Waals surface area contributed by atoms with E-state index in [2.05, 4.69) is 4.98 Å². The van der Waals surface area contributed by atoms with E-state index < -0.39 is 33.1 Å². The van der Waals surface area contributed by atoms with Crippen molar-refractivity contribution in [1.82, 2.24) is 9.55 Å². The van der Waals surface area contributed by atoms with E-state index in [9.17, 15) is 22.3 Å². The van der Waals surface area contributed by atoms with Gasteiger partial charge in [0.2, 0.25) is 0 Å². The number of nitrogens with zero attached hydrogens (tertiary/aromatic N) is 2. The van der Waals surface area contributed by atoms with Crippen LogP contribution in [-0.2, 0) is 10.0 Å². The molecule has 1 heterocycles. The van der Waals surface area contributed by atoms with Gasteiger partial charge in [-0.15, -0.1) is 0 Å². The molecular formula is C12H13F2N3O3S. The number of hydrogen-bond acceptors (Lipinski definition) is 4. The molecule has 0 atom stereocenters. The summed E-state index contributed by atoms with van der Waals surface area (Å²) in [7, 11) is -4.16. The number of phenolic OH excluding ortho intramolecular Hbond substituents is 1. The molecule has 1 aromatic carbocycles. The van der Waals surface area contributed by atoms with Crippen molar-refractivity contribution >= 4 is 15.7 Å². The third-order valence-corrected chi connectivity index (χ3v) is 3.97. The monoisotopic (exact) mass is 317 g/mol. The summed E-state index contributed by atoms with van der Waals surface area (Å²) in [6.07, 6.45) is 2.60. The topological polar surface area (TPSA) is 84.2 Å². The van der Waals surface area contributed by atoms with Gasteiger partial charge in [-0.1, -0.05) is 0 Å². The molecule has 0 unspecified atom stereocenters. The van der Waals surface area contributed by atoms with Crippen LogP contribution in [0.1, 0.15) is 19.9 Å². The van der Waals surface area contributed by atoms with Crippen molar-refractivity contribution in [1.29, 1.82) is 0 Å². The van der Waals surface area contributed by atoms with E-state index in [1.807, 2.05) is 18.6 Å². The average molecular weight is 317 g/mol. The molecule has 6 nitrogen and oxygen atoms in total. The van der Waals surface area contributed by atoms with Crippen molar-refractivity contribution in [2.75, 3.05) is 4.72 Å². The van der Waals surface area contributed by atoms with Crippen molar-refractivity contribution in [3.63, 3.8) is 0 Å². The molecule has 0 aliphatic carbocycles. The predicted molar refractivity (Wildman–Crippen MR) is 71.4 cm³/mol. The fraction of sp³-hybridized carbons (Fsp3) is 0.250. The van der Waals surface area contributed by atoms with Gasteiger partial charge in [0.25, 0.3) is 10.0 Å². The number of aromatic nitrogens is 2. The van der Waals surface area contributed by atoms with Crippen LogP contribution < -0.4 is 4.72 Å². The third-order valence-electron chi connectivity index (χ3n) is 2.72. The smallest absolute Gasteiger partial charge is 0.281 e. The average Bonchev–Trinajstić information content (AvgIpc) is 2.85. The summed E-state index contributed by atoms with van der Waals surface area (Å²) in [6.45, 7) is 3.67. The van der Waals surface area contributed by atoms with Crippen LogP contribution in [0.3, 0.4) is 0 Å². The normalized spacial score (nSPS) is 11.9. The Kier molecular flexibility index (Phi) is 3.86. The van der Waals surface area contributed by atoms with E-state index in [0.29, 0.717) is 12.1 Å². The first-order valence-electron chi connectivity index (χ1n) is 5.95. The number of anilines is 1. The summed E-state index contributed by atoms with van der Waals surface area (Å²) in [5.74, 6) is -3.26. The Balaban J connectivity index is 2.37. The quantitative estimate of drug-likeness (QED) is 0.847. The number of imidazole rings is 1. The molecule has 0 saturated carbocycles. The summed E-state index contributed by atoms with van der Waals surface area (Å²) in [5, 5.41) is 9.11. The maximum absolute atomic E-state index is 13.2. The van der Waals surface area contributed by atoms with Gasteiger partial charge in [-0.25, -0.2) is 13.8 Å². The van der Waals surface area contributed by atoms with Crippen LogP contribution in [0.5, 0.6) is 5.75 Å². The number of hydrogen-bond donors (Lipinski definition) is 2. The lowest BCUT2D eigenvalue weighted by Gasteiger charge is -2.09. The number of rotatable bonds is 4. The van der Waals surface area contributed by atoms with Gasteiger partial charge in [-0.2, -0.15) is 8.42 Å². The van der Waals surface area contributed by atoms with E-state index >= 15 is 0 Å². The van der Waals surface area contributed by atoms with E-state index in [0.717, 1.165) is 0 Å². The molecule has 0 saturated heterocycles. The second kappa shape index (κ2) is 5.32. The fourth-order valence-corrected chi connectivity index (χ4v) is 2.58. The molecule has 0 radical (unpaired) electrons. The molecule has 2 aromatic rings. The van der Waals surface area contributed by atoms with Gasteiger partial charge in [-0.3, -0.25) is 4.72 Å². The number of benzene rings is 1. The second-order valence-corrected chi connectivity index (χ2v) is 6.27. The van der Waals surface area contributed by atoms with Gasteiger partial charge in [0.15, 0.2) is 16.6 Å². The van der Waals surface area contributed by atoms with E-state index in [-0.39, 0.29) is 11.1 Å². The molecule has 0 fully saturated rings. The minimum atomic E-state index is -4.16. The number of halogens is 2. The SMILES string of the molecule is CC(C)n1cnc(S(=O)(=O)Nc2cc(F)cc(F)c2O)c1. The highest BCUT2D eigenvalue weighted by molar-refractivity contribution is 7.92. The molecule has 0 aliphatic rings. The van der Waals surface area contributed by atoms with Gasteiger partial charge in [0.05, 0.1) is 12.0 Å². The standard InChI is InChI=1S/C12H13F2N3O3S/c1-7(2)17-5-11(15-6-17)21(19,20)16-10-4-8(13)3-9(14)12(10)18/h3-7,16,18H,1-2H3. The van der Waals surface area contributed by atoms with Crippen LogP contribution in [0.2, 0.25) is 0 Å². The summed E-state index contributed by atoms with van der Waals surface area (Å²) >= 11 is 0. The molecule has 1 aromatic heterocycles. The Morgan fingerprint density at radius 3 is 2.57 bits per heavy atom. The number of sulfonamides is 1. The van der Waals surface area contributed by atoms with Crippen molar-refractivity contribution in [3.8, 4) is 5.75 Å². The lowest BCUT2D eigenvalue weighted by Crippen LogP contribution is -2.14. The van der Waals surface area contributed by atoms with E-state index in [1.54, 1.807) is 4.57 Å². The van der Waals surface area contributed by atoms with Crippen LogP contribution >= 0.6 is 0 Å². The Hall–Kier alpha value is -2.16. The van der Waals surface area contributed by atoms with Crippen LogP contribution in [0.25, 0.3) is 0 Å². The molecule has 9 heteroatoms. The lowest BCUT2D eigenvalue weighted by molar-refractivity contribution is 0.430. The van der Waals surface area contributed by atoms with Crippen LogP contribution in [0.4, 0.5) is 14.5 Å². The lowest BCUT2D eigenvalue weighted by atomic mass is 10.3. The Bertz CT molecular complexity index is 772. The van der Waals surface area contributed by atoms with Gasteiger partial charge < -0.3 is 9.67 Å². The molecule has 0 bridgehead atoms. The summed E-state index contributed by atoms with van der Waals surface area (Å²) in [6, 6.07) is 1.12. The van der Waals surface area contributed by atoms with Gasteiger partial charge in [0.1, 0.15) is 5.82 Å². The predicted octanol–water partition coefficient (Wildman–Crippen LogP) is 2.25. The maximum Gasteiger partial charge on any atom is 0.281 e. The Labute approximate surface area is 120 Å². The molecule has 21 heavy (non-hydrogen) atoms. The molecular weight excluding hydrogens is 304 g/mol. The first kappa shape index (κ1) is 15.2. The van der Waals surface area contributed by atoms with Crippen molar-refractivity contribution in [3.05, 3.63) is 36.3 Å². The summed E-state index contributed by atoms with van der Waals surface area (Å²) < 4.78 is 53.9. The highest BCUT2D eigenvalue weighted by atomic mass is 32.2. The van der Waals surface area contributed by atoms with Gasteiger partial charge in [0, 0.05) is 24.4 Å². The van der Waals surface area contributed by atoms with Crippen LogP contribution in [0, 0.1) is 11.6 Å². The summed E-state index contributed by atoms with van der Waals surface area (Å²) in [4.78, 5) is 3.72. The first-order chi connectivity index (χ1) is 9.70. The van der Waals surface area contributed by atoms with Gasteiger partial charge in [-0.05, 0) is 13.8 Å². The zero-order chi connectivity index (χ0) is 15.8. The zero-order valence-electron chi connectivity index (χ0n) is 11.2. The molecule has 2 rings (SSSR count). The largest absolute Gasteiger partial charge is 0.503 e. The minimum Gasteiger partial charge on any atom is -0.503 e. The fourth-order valence-electron chi connectivity index (χ4n) is 1.58. The molecule has 2 N–H and O–H groups in total. The number of aromatic hydroxyl groups is 1. The highest BCUT2D eigenvalue weighted by Gasteiger charge is 2.21. The van der Waals surface area contributed by atoms with Crippen molar-refractivity contribution < 1.29 is 22.3 Å². The molecule has 114 valence electrons. The summed E-state index contributed by atoms with van der Waals surface area (Å²) in [5.41, 5.74) is -0.591. The second-order valence-electron chi connectivity index (χ2n) is 4.64.